The molecule has 26 heavy (non-hydrogen) atoms. The normalized spacial score (nSPS) is 15.5. The molecule has 0 aromatic carbocycles. The highest BCUT2D eigenvalue weighted by atomic mass is 32.1. The van der Waals surface area contributed by atoms with Crippen LogP contribution in [-0.4, -0.2) is 57.6 Å². The molecular weight excluding hydrogens is 348 g/mol. The summed E-state index contributed by atoms with van der Waals surface area (Å²) in [5, 5.41) is 3.13. The molecule has 0 aliphatic carbocycles. The fraction of sp³-hybridized carbons (Fsp3) is 0.526. The third kappa shape index (κ3) is 3.73. The fourth-order valence-electron chi connectivity index (χ4n) is 3.64. The zero-order valence-electron chi connectivity index (χ0n) is 15.9. The topological polar surface area (TPSA) is 69.3 Å². The van der Waals surface area contributed by atoms with Crippen molar-refractivity contribution >= 4 is 23.0 Å². The van der Waals surface area contributed by atoms with Crippen molar-refractivity contribution in [3.05, 3.63) is 27.2 Å². The Kier molecular flexibility index (Phi) is 5.58. The third-order valence-corrected chi connectivity index (χ3v) is 5.81. The van der Waals surface area contributed by atoms with Gasteiger partial charge in [-0.3, -0.25) is 14.5 Å². The number of piperazine rings is 1. The summed E-state index contributed by atoms with van der Waals surface area (Å²) in [5.41, 5.74) is 4.66. The van der Waals surface area contributed by atoms with Crippen molar-refractivity contribution in [3.8, 4) is 11.4 Å². The Labute approximate surface area is 158 Å². The van der Waals surface area contributed by atoms with E-state index in [1.165, 1.54) is 0 Å². The molecule has 0 spiro atoms. The summed E-state index contributed by atoms with van der Waals surface area (Å²) in [6.07, 6.45) is 0.800. The molecule has 1 aliphatic rings. The molecule has 1 aliphatic heterocycles. The molecule has 1 saturated heterocycles. The quantitative estimate of drug-likeness (QED) is 0.817. The second kappa shape index (κ2) is 7.72. The molecule has 1 N–H and O–H groups in total. The predicted octanol–water partition coefficient (Wildman–Crippen LogP) is 2.88. The van der Waals surface area contributed by atoms with Gasteiger partial charge in [-0.2, -0.15) is 0 Å². The van der Waals surface area contributed by atoms with Crippen molar-refractivity contribution in [1.29, 1.82) is 0 Å². The Hall–Kier alpha value is -1.99. The van der Waals surface area contributed by atoms with Crippen LogP contribution in [0.5, 0.6) is 0 Å². The molecule has 0 bridgehead atoms. The Morgan fingerprint density at radius 2 is 1.92 bits per heavy atom. The van der Waals surface area contributed by atoms with Gasteiger partial charge in [0.05, 0.1) is 17.9 Å². The SMILES string of the molecule is CCc1c(-c2csc(CN3CCN(C(C)=O)CC3)n2)[nH]c(C)c1C(C)=O. The lowest BCUT2D eigenvalue weighted by molar-refractivity contribution is -0.130. The van der Waals surface area contributed by atoms with Gasteiger partial charge < -0.3 is 9.88 Å². The van der Waals surface area contributed by atoms with Gasteiger partial charge in [0.15, 0.2) is 5.78 Å². The Balaban J connectivity index is 1.74. The molecule has 3 rings (SSSR count). The summed E-state index contributed by atoms with van der Waals surface area (Å²) in [6.45, 7) is 11.4. The molecule has 0 atom stereocenters. The number of aromatic amines is 1. The van der Waals surface area contributed by atoms with Crippen LogP contribution in [0.25, 0.3) is 11.4 Å². The molecule has 2 aromatic heterocycles. The molecule has 0 radical (unpaired) electrons. The highest BCUT2D eigenvalue weighted by Gasteiger charge is 2.22. The van der Waals surface area contributed by atoms with Gasteiger partial charge in [-0.15, -0.1) is 11.3 Å². The Morgan fingerprint density at radius 3 is 2.50 bits per heavy atom. The van der Waals surface area contributed by atoms with Crippen LogP contribution in [0.15, 0.2) is 5.38 Å². The first-order valence-electron chi connectivity index (χ1n) is 9.05. The van der Waals surface area contributed by atoms with Gasteiger partial charge in [0.25, 0.3) is 0 Å². The molecule has 140 valence electrons. The lowest BCUT2D eigenvalue weighted by atomic mass is 10.0. The van der Waals surface area contributed by atoms with Crippen molar-refractivity contribution in [3.63, 3.8) is 0 Å². The van der Waals surface area contributed by atoms with Crippen LogP contribution in [0.2, 0.25) is 0 Å². The molecule has 1 fully saturated rings. The highest BCUT2D eigenvalue weighted by Crippen LogP contribution is 2.30. The van der Waals surface area contributed by atoms with E-state index in [9.17, 15) is 9.59 Å². The smallest absolute Gasteiger partial charge is 0.219 e. The Bertz CT molecular complexity index is 816. The maximum Gasteiger partial charge on any atom is 0.219 e. The number of hydrogen-bond acceptors (Lipinski definition) is 5. The van der Waals surface area contributed by atoms with Crippen LogP contribution in [0.4, 0.5) is 0 Å². The average molecular weight is 375 g/mol. The van der Waals surface area contributed by atoms with Gasteiger partial charge in [-0.05, 0) is 25.8 Å². The first-order valence-corrected chi connectivity index (χ1v) is 9.93. The van der Waals surface area contributed by atoms with Crippen LogP contribution in [0.1, 0.15) is 47.4 Å². The number of aromatic nitrogens is 2. The van der Waals surface area contributed by atoms with E-state index in [1.807, 2.05) is 11.8 Å². The van der Waals surface area contributed by atoms with E-state index in [2.05, 4.69) is 22.2 Å². The summed E-state index contributed by atoms with van der Waals surface area (Å²) in [5.74, 6) is 0.248. The first kappa shape index (κ1) is 18.8. The number of H-pyrrole nitrogens is 1. The molecule has 0 unspecified atom stereocenters. The van der Waals surface area contributed by atoms with Crippen LogP contribution in [-0.2, 0) is 17.8 Å². The van der Waals surface area contributed by atoms with E-state index < -0.39 is 0 Å². The number of hydrogen-bond donors (Lipinski definition) is 1. The zero-order chi connectivity index (χ0) is 18.8. The fourth-order valence-corrected chi connectivity index (χ4v) is 4.46. The molecular formula is C19H26N4O2S. The van der Waals surface area contributed by atoms with Gasteiger partial charge in [-0.25, -0.2) is 4.98 Å². The van der Waals surface area contributed by atoms with E-state index in [0.29, 0.717) is 0 Å². The number of ketones is 1. The minimum absolute atomic E-state index is 0.0978. The molecule has 0 saturated carbocycles. The lowest BCUT2D eigenvalue weighted by Crippen LogP contribution is -2.47. The number of carbonyl (C=O) groups excluding carboxylic acids is 2. The second-order valence-electron chi connectivity index (χ2n) is 6.80. The van der Waals surface area contributed by atoms with E-state index in [4.69, 9.17) is 4.98 Å². The summed E-state index contributed by atoms with van der Waals surface area (Å²) >= 11 is 1.65. The third-order valence-electron chi connectivity index (χ3n) is 4.98. The Morgan fingerprint density at radius 1 is 1.23 bits per heavy atom. The molecule has 3 heterocycles. The van der Waals surface area contributed by atoms with E-state index in [-0.39, 0.29) is 11.7 Å². The van der Waals surface area contributed by atoms with Gasteiger partial charge >= 0.3 is 0 Å². The minimum atomic E-state index is 0.0978. The summed E-state index contributed by atoms with van der Waals surface area (Å²) in [6, 6.07) is 0. The molecule has 1 amide bonds. The number of carbonyl (C=O) groups is 2. The number of nitrogens with one attached hydrogen (secondary N) is 1. The van der Waals surface area contributed by atoms with Crippen LogP contribution < -0.4 is 0 Å². The maximum absolute atomic E-state index is 12.0. The van der Waals surface area contributed by atoms with Crippen molar-refractivity contribution in [2.75, 3.05) is 26.2 Å². The largest absolute Gasteiger partial charge is 0.356 e. The first-order chi connectivity index (χ1) is 12.4. The van der Waals surface area contributed by atoms with Crippen LogP contribution in [0.3, 0.4) is 0 Å². The molecule has 2 aromatic rings. The second-order valence-corrected chi connectivity index (χ2v) is 7.74. The van der Waals surface area contributed by atoms with Gasteiger partial charge in [0.2, 0.25) is 5.91 Å². The van der Waals surface area contributed by atoms with Crippen molar-refractivity contribution < 1.29 is 9.59 Å². The highest BCUT2D eigenvalue weighted by molar-refractivity contribution is 7.09. The van der Waals surface area contributed by atoms with Crippen LogP contribution >= 0.6 is 11.3 Å². The number of rotatable bonds is 5. The number of nitrogens with zero attached hydrogens (tertiary/aromatic N) is 3. The van der Waals surface area contributed by atoms with Crippen molar-refractivity contribution in [2.24, 2.45) is 0 Å². The number of aryl methyl sites for hydroxylation is 1. The predicted molar refractivity (Wildman–Crippen MR) is 104 cm³/mol. The molecule has 7 heteroatoms. The standard InChI is InChI=1S/C19H26N4O2S/c1-5-15-18(13(3)24)12(2)20-19(15)16-11-26-17(21-16)10-22-6-8-23(9-7-22)14(4)25/h11,20H,5-10H2,1-4H3. The minimum Gasteiger partial charge on any atom is -0.356 e. The van der Waals surface area contributed by atoms with E-state index >= 15 is 0 Å². The van der Waals surface area contributed by atoms with E-state index in [0.717, 1.165) is 72.4 Å². The monoisotopic (exact) mass is 374 g/mol. The van der Waals surface area contributed by atoms with Gasteiger partial charge in [-0.1, -0.05) is 6.92 Å². The summed E-state index contributed by atoms with van der Waals surface area (Å²) in [4.78, 5) is 35.8. The van der Waals surface area contributed by atoms with Gasteiger partial charge in [0.1, 0.15) is 5.01 Å². The van der Waals surface area contributed by atoms with Crippen LogP contribution in [0, 0.1) is 6.92 Å². The average Bonchev–Trinajstić information content (AvgIpc) is 3.18. The number of amides is 1. The number of thiazole rings is 1. The lowest BCUT2D eigenvalue weighted by Gasteiger charge is -2.33. The van der Waals surface area contributed by atoms with Crippen molar-refractivity contribution in [1.82, 2.24) is 19.8 Å². The van der Waals surface area contributed by atoms with E-state index in [1.54, 1.807) is 25.2 Å². The molecule has 6 nitrogen and oxygen atoms in total. The number of Topliss-reactive ketones (excluding diaryl/α,β-unsaturated/α-hetero) is 1. The summed E-state index contributed by atoms with van der Waals surface area (Å²) in [7, 11) is 0. The maximum atomic E-state index is 12.0. The zero-order valence-corrected chi connectivity index (χ0v) is 16.7. The van der Waals surface area contributed by atoms with Gasteiger partial charge in [0, 0.05) is 49.7 Å². The summed E-state index contributed by atoms with van der Waals surface area (Å²) < 4.78 is 0. The van der Waals surface area contributed by atoms with Crippen molar-refractivity contribution in [2.45, 2.75) is 40.7 Å².